The normalized spacial score (nSPS) is 10.3. The number of carbonyl (C=O) groups is 1. The number of rotatable bonds is 5. The lowest BCUT2D eigenvalue weighted by Crippen LogP contribution is -2.21. The third-order valence-electron chi connectivity index (χ3n) is 3.17. The van der Waals surface area contributed by atoms with Gasteiger partial charge in [0.1, 0.15) is 5.82 Å². The molecule has 0 spiro atoms. The van der Waals surface area contributed by atoms with E-state index in [1.807, 2.05) is 13.0 Å². The van der Waals surface area contributed by atoms with Crippen LogP contribution in [0.2, 0.25) is 5.02 Å². The second kappa shape index (κ2) is 7.27. The lowest BCUT2D eigenvalue weighted by molar-refractivity contribution is -0.385. The van der Waals surface area contributed by atoms with Gasteiger partial charge in [0.05, 0.1) is 15.6 Å². The van der Waals surface area contributed by atoms with E-state index in [9.17, 15) is 19.3 Å². The van der Waals surface area contributed by atoms with E-state index in [-0.39, 0.29) is 5.75 Å². The molecule has 0 bridgehead atoms. The Kier molecular flexibility index (Phi) is 5.35. The minimum Gasteiger partial charge on any atom is -0.477 e. The molecule has 6 nitrogen and oxygen atoms in total. The number of nitrogens with zero attached hydrogens (tertiary/aromatic N) is 1. The summed E-state index contributed by atoms with van der Waals surface area (Å²) < 4.78 is 18.3. The second-order valence-corrected chi connectivity index (χ2v) is 5.55. The van der Waals surface area contributed by atoms with Crippen molar-refractivity contribution in [3.05, 3.63) is 62.4 Å². The summed E-state index contributed by atoms with van der Waals surface area (Å²) in [6.07, 6.45) is 0. The maximum atomic E-state index is 13.2. The molecular weight excluding hydrogens is 339 g/mol. The fraction of sp³-hybridized carbons (Fsp3) is 0.188. The first kappa shape index (κ1) is 17.7. The van der Waals surface area contributed by atoms with E-state index in [4.69, 9.17) is 16.3 Å². The lowest BCUT2D eigenvalue weighted by Gasteiger charge is -2.12. The number of hydrogen-bond donors (Lipinski definition) is 1. The Labute approximate surface area is 142 Å². The second-order valence-electron chi connectivity index (χ2n) is 5.14. The van der Waals surface area contributed by atoms with Crippen LogP contribution < -0.4 is 10.1 Å². The van der Waals surface area contributed by atoms with Crippen LogP contribution in [0, 0.1) is 29.8 Å². The minimum absolute atomic E-state index is 0.318. The molecule has 24 heavy (non-hydrogen) atoms. The van der Waals surface area contributed by atoms with Gasteiger partial charge in [-0.3, -0.25) is 14.9 Å². The summed E-state index contributed by atoms with van der Waals surface area (Å²) in [6, 6.07) is 6.32. The van der Waals surface area contributed by atoms with Crippen molar-refractivity contribution in [2.24, 2.45) is 0 Å². The van der Waals surface area contributed by atoms with Crippen molar-refractivity contribution in [1.29, 1.82) is 0 Å². The van der Waals surface area contributed by atoms with Crippen LogP contribution in [-0.4, -0.2) is 17.4 Å². The Morgan fingerprint density at radius 2 is 2.04 bits per heavy atom. The van der Waals surface area contributed by atoms with Crippen molar-refractivity contribution in [1.82, 2.24) is 0 Å². The minimum atomic E-state index is -0.715. The quantitative estimate of drug-likeness (QED) is 0.650. The highest BCUT2D eigenvalue weighted by atomic mass is 35.5. The first-order valence-electron chi connectivity index (χ1n) is 6.91. The van der Waals surface area contributed by atoms with Crippen LogP contribution in [0.1, 0.15) is 11.1 Å². The van der Waals surface area contributed by atoms with E-state index in [1.165, 1.54) is 0 Å². The number of halogens is 2. The molecule has 0 atom stereocenters. The van der Waals surface area contributed by atoms with Gasteiger partial charge >= 0.3 is 5.69 Å². The van der Waals surface area contributed by atoms with E-state index < -0.39 is 28.9 Å². The molecule has 0 aliphatic carbocycles. The average Bonchev–Trinajstić information content (AvgIpc) is 2.48. The first-order chi connectivity index (χ1) is 11.3. The van der Waals surface area contributed by atoms with Gasteiger partial charge in [-0.1, -0.05) is 17.7 Å². The Balaban J connectivity index is 2.10. The summed E-state index contributed by atoms with van der Waals surface area (Å²) in [6.45, 7) is 3.14. The molecule has 0 fully saturated rings. The van der Waals surface area contributed by atoms with E-state index in [1.54, 1.807) is 13.0 Å². The number of amides is 1. The zero-order valence-corrected chi connectivity index (χ0v) is 13.7. The summed E-state index contributed by atoms with van der Waals surface area (Å²) in [4.78, 5) is 22.1. The van der Waals surface area contributed by atoms with Gasteiger partial charge in [0.2, 0.25) is 5.75 Å². The molecule has 0 saturated carbocycles. The van der Waals surface area contributed by atoms with E-state index >= 15 is 0 Å². The summed E-state index contributed by atoms with van der Waals surface area (Å²) in [5.74, 6) is -1.59. The number of nitrogens with one attached hydrogen (secondary N) is 1. The van der Waals surface area contributed by atoms with Crippen LogP contribution in [0.15, 0.2) is 30.3 Å². The number of ether oxygens (including phenoxy) is 1. The molecule has 2 rings (SSSR count). The van der Waals surface area contributed by atoms with Crippen molar-refractivity contribution in [3.63, 3.8) is 0 Å². The molecule has 0 radical (unpaired) electrons. The highest BCUT2D eigenvalue weighted by molar-refractivity contribution is 6.34. The third kappa shape index (κ3) is 4.20. The number of aryl methyl sites for hydroxylation is 2. The molecule has 0 aromatic heterocycles. The van der Waals surface area contributed by atoms with Gasteiger partial charge in [0.15, 0.2) is 6.61 Å². The number of hydrogen-bond acceptors (Lipinski definition) is 4. The Morgan fingerprint density at radius 1 is 1.33 bits per heavy atom. The molecule has 126 valence electrons. The number of nitro benzene ring substituents is 1. The predicted molar refractivity (Wildman–Crippen MR) is 88.1 cm³/mol. The van der Waals surface area contributed by atoms with Gasteiger partial charge in [-0.05, 0) is 37.1 Å². The maximum absolute atomic E-state index is 13.2. The van der Waals surface area contributed by atoms with Crippen molar-refractivity contribution in [3.8, 4) is 5.75 Å². The van der Waals surface area contributed by atoms with Gasteiger partial charge in [-0.25, -0.2) is 4.39 Å². The highest BCUT2D eigenvalue weighted by Crippen LogP contribution is 2.29. The van der Waals surface area contributed by atoms with Crippen LogP contribution in [0.25, 0.3) is 0 Å². The summed E-state index contributed by atoms with van der Waals surface area (Å²) >= 11 is 6.09. The Bertz CT molecular complexity index is 788. The molecule has 0 saturated heterocycles. The van der Waals surface area contributed by atoms with Gasteiger partial charge in [0, 0.05) is 12.1 Å². The molecule has 1 amide bonds. The summed E-state index contributed by atoms with van der Waals surface area (Å²) in [5, 5.41) is 13.8. The Morgan fingerprint density at radius 3 is 2.67 bits per heavy atom. The SMILES string of the molecule is Cc1cc(C)c(NC(=O)COc2cc(F)ccc2[N+](=O)[O-])c(Cl)c1. The summed E-state index contributed by atoms with van der Waals surface area (Å²) in [5.41, 5.74) is 1.73. The number of anilines is 1. The standard InChI is InChI=1S/C16H14ClFN2O4/c1-9-5-10(2)16(12(17)6-9)19-15(21)8-24-14-7-11(18)3-4-13(14)20(22)23/h3-7H,8H2,1-2H3,(H,19,21). The fourth-order valence-electron chi connectivity index (χ4n) is 2.15. The van der Waals surface area contributed by atoms with Crippen molar-refractivity contribution in [2.75, 3.05) is 11.9 Å². The van der Waals surface area contributed by atoms with Crippen molar-refractivity contribution < 1.29 is 18.8 Å². The highest BCUT2D eigenvalue weighted by Gasteiger charge is 2.17. The molecule has 0 aliphatic rings. The molecule has 0 aliphatic heterocycles. The molecule has 8 heteroatoms. The van der Waals surface area contributed by atoms with Crippen LogP contribution >= 0.6 is 11.6 Å². The van der Waals surface area contributed by atoms with Crippen LogP contribution in [-0.2, 0) is 4.79 Å². The molecule has 0 heterocycles. The number of nitro groups is 1. The van der Waals surface area contributed by atoms with Gasteiger partial charge in [-0.2, -0.15) is 0 Å². The monoisotopic (exact) mass is 352 g/mol. The average molecular weight is 353 g/mol. The van der Waals surface area contributed by atoms with Crippen LogP contribution in [0.3, 0.4) is 0 Å². The molecular formula is C16H14ClFN2O4. The van der Waals surface area contributed by atoms with Crippen molar-refractivity contribution >= 4 is 28.9 Å². The van der Waals surface area contributed by atoms with Crippen molar-refractivity contribution in [2.45, 2.75) is 13.8 Å². The third-order valence-corrected chi connectivity index (χ3v) is 3.47. The first-order valence-corrected chi connectivity index (χ1v) is 7.29. The molecule has 0 unspecified atom stereocenters. The van der Waals surface area contributed by atoms with E-state index in [0.29, 0.717) is 10.7 Å². The topological polar surface area (TPSA) is 81.5 Å². The van der Waals surface area contributed by atoms with E-state index in [0.717, 1.165) is 29.3 Å². The number of carbonyl (C=O) groups excluding carboxylic acids is 1. The van der Waals surface area contributed by atoms with Gasteiger partial charge in [-0.15, -0.1) is 0 Å². The molecule has 2 aromatic carbocycles. The summed E-state index contributed by atoms with van der Waals surface area (Å²) in [7, 11) is 0. The maximum Gasteiger partial charge on any atom is 0.311 e. The fourth-order valence-corrected chi connectivity index (χ4v) is 2.52. The van der Waals surface area contributed by atoms with Crippen LogP contribution in [0.5, 0.6) is 5.75 Å². The lowest BCUT2D eigenvalue weighted by atomic mass is 10.1. The van der Waals surface area contributed by atoms with E-state index in [2.05, 4.69) is 5.32 Å². The van der Waals surface area contributed by atoms with Crippen LogP contribution in [0.4, 0.5) is 15.8 Å². The molecule has 2 aromatic rings. The largest absolute Gasteiger partial charge is 0.477 e. The van der Waals surface area contributed by atoms with Gasteiger partial charge in [0.25, 0.3) is 5.91 Å². The smallest absolute Gasteiger partial charge is 0.311 e. The number of benzene rings is 2. The predicted octanol–water partition coefficient (Wildman–Crippen LogP) is 4.02. The van der Waals surface area contributed by atoms with Gasteiger partial charge < -0.3 is 10.1 Å². The Hall–Kier alpha value is -2.67. The molecule has 1 N–H and O–H groups in total. The zero-order chi connectivity index (χ0) is 17.9. The zero-order valence-electron chi connectivity index (χ0n) is 12.9.